The number of rotatable bonds is 0. The van der Waals surface area contributed by atoms with Gasteiger partial charge in [0.25, 0.3) is 0 Å². The van der Waals surface area contributed by atoms with Gasteiger partial charge < -0.3 is 7.96 Å². The van der Waals surface area contributed by atoms with E-state index in [0.717, 1.165) is 10.9 Å². The third kappa shape index (κ3) is 1.68. The number of phenolic OH excluding ortho intramolecular Hbond substituents is 1. The Hall–Kier alpha value is -0.804. The fourth-order valence-electron chi connectivity index (χ4n) is 1.05. The Morgan fingerprint density at radius 1 is 1.25 bits per heavy atom. The molecule has 0 aliphatic heterocycles. The fraction of sp³-hybridized carbons (Fsp3) is 0. The van der Waals surface area contributed by atoms with E-state index in [1.165, 1.54) is 0 Å². The van der Waals surface area contributed by atoms with Crippen LogP contribution in [0.3, 0.4) is 0 Å². The first kappa shape index (κ1) is 9.29. The number of fused-ring (bicyclic) bond motifs is 1. The molecule has 0 saturated heterocycles. The van der Waals surface area contributed by atoms with Crippen LogP contribution in [0.25, 0.3) is 10.9 Å². The van der Waals surface area contributed by atoms with Gasteiger partial charge in [-0.15, -0.1) is 0 Å². The largest absolute Gasteiger partial charge is 2.00 e. The van der Waals surface area contributed by atoms with Gasteiger partial charge in [-0.25, -0.2) is 0 Å². The first-order chi connectivity index (χ1) is 5.36. The zero-order valence-corrected chi connectivity index (χ0v) is 7.98. The number of aromatic nitrogens is 1. The Bertz CT molecular complexity index is 397. The molecule has 1 N–H and O–H groups in total. The molecule has 0 saturated carbocycles. The molecule has 0 spiro atoms. The van der Waals surface area contributed by atoms with Crippen molar-refractivity contribution in [3.63, 3.8) is 0 Å². The van der Waals surface area contributed by atoms with Gasteiger partial charge in [0, 0.05) is 17.6 Å². The van der Waals surface area contributed by atoms with Crippen LogP contribution in [0, 0.1) is 0 Å². The average molecular weight is 171 g/mol. The van der Waals surface area contributed by atoms with Crippen molar-refractivity contribution < 1.29 is 7.96 Å². The molecule has 0 amide bonds. The molecular weight excluding hydrogens is 162 g/mol. The molecule has 2 nitrogen and oxygen atoms in total. The second-order valence-corrected chi connectivity index (χ2v) is 2.38. The predicted octanol–water partition coefficient (Wildman–Crippen LogP) is 1.78. The van der Waals surface area contributed by atoms with Gasteiger partial charge in [0.2, 0.25) is 0 Å². The molecule has 2 aromatic rings. The summed E-state index contributed by atoms with van der Waals surface area (Å²) in [6, 6.07) is 8.98. The second-order valence-electron chi connectivity index (χ2n) is 2.38. The minimum absolute atomic E-state index is 0. The maximum Gasteiger partial charge on any atom is 2.00 e. The van der Waals surface area contributed by atoms with Crippen LogP contribution in [0.15, 0.2) is 36.5 Å². The number of hydrogen-bond donors (Lipinski definition) is 1. The van der Waals surface area contributed by atoms with E-state index in [1.807, 2.05) is 18.2 Å². The van der Waals surface area contributed by atoms with Crippen molar-refractivity contribution in [3.05, 3.63) is 36.5 Å². The van der Waals surface area contributed by atoms with E-state index in [1.54, 1.807) is 18.3 Å². The van der Waals surface area contributed by atoms with Crippen LogP contribution in [0.2, 0.25) is 0 Å². The first-order valence-electron chi connectivity index (χ1n) is 3.40. The molecule has 12 heavy (non-hydrogen) atoms. The molecule has 0 radical (unpaired) electrons. The van der Waals surface area contributed by atoms with Gasteiger partial charge >= 0.3 is 23.1 Å². The van der Waals surface area contributed by atoms with Gasteiger partial charge in [-0.1, -0.05) is 6.07 Å². The van der Waals surface area contributed by atoms with Crippen molar-refractivity contribution in [2.24, 2.45) is 0 Å². The van der Waals surface area contributed by atoms with Crippen LogP contribution in [0.5, 0.6) is 5.75 Å². The monoisotopic (exact) mass is 171 g/mol. The van der Waals surface area contributed by atoms with E-state index in [0.29, 0.717) is 0 Å². The SMILES string of the molecule is Oc1ccc2cccnc2c1.[H-].[H-].[Mg+2]. The summed E-state index contributed by atoms with van der Waals surface area (Å²) in [5, 5.41) is 10.1. The van der Waals surface area contributed by atoms with Gasteiger partial charge in [-0.3, -0.25) is 4.98 Å². The topological polar surface area (TPSA) is 33.1 Å². The zero-order chi connectivity index (χ0) is 7.68. The third-order valence-corrected chi connectivity index (χ3v) is 1.59. The zero-order valence-electron chi connectivity index (χ0n) is 8.57. The molecule has 1 heterocycles. The number of hydrogen-bond acceptors (Lipinski definition) is 2. The van der Waals surface area contributed by atoms with E-state index < -0.39 is 0 Å². The molecule has 1 aromatic carbocycles. The summed E-state index contributed by atoms with van der Waals surface area (Å²) in [6.07, 6.45) is 1.71. The number of benzene rings is 1. The van der Waals surface area contributed by atoms with E-state index in [-0.39, 0.29) is 31.7 Å². The molecule has 2 rings (SSSR count). The van der Waals surface area contributed by atoms with Crippen LogP contribution in [0.1, 0.15) is 2.85 Å². The molecule has 0 bridgehead atoms. The van der Waals surface area contributed by atoms with Gasteiger partial charge in [-0.05, 0) is 18.2 Å². The Balaban J connectivity index is 0. The van der Waals surface area contributed by atoms with Crippen molar-refractivity contribution in [3.8, 4) is 5.75 Å². The molecule has 1 aromatic heterocycles. The van der Waals surface area contributed by atoms with Crippen molar-refractivity contribution in [2.75, 3.05) is 0 Å². The van der Waals surface area contributed by atoms with Crippen LogP contribution in [-0.4, -0.2) is 33.1 Å². The van der Waals surface area contributed by atoms with Gasteiger partial charge in [0.15, 0.2) is 0 Å². The summed E-state index contributed by atoms with van der Waals surface area (Å²) in [4.78, 5) is 4.08. The van der Waals surface area contributed by atoms with Gasteiger partial charge in [0.05, 0.1) is 5.52 Å². The van der Waals surface area contributed by atoms with Crippen molar-refractivity contribution in [1.29, 1.82) is 0 Å². The third-order valence-electron chi connectivity index (χ3n) is 1.59. The van der Waals surface area contributed by atoms with Crippen LogP contribution in [0.4, 0.5) is 0 Å². The predicted molar refractivity (Wildman–Crippen MR) is 51.4 cm³/mol. The van der Waals surface area contributed by atoms with E-state index >= 15 is 0 Å². The molecule has 0 aliphatic carbocycles. The molecule has 0 atom stereocenters. The summed E-state index contributed by atoms with van der Waals surface area (Å²) >= 11 is 0. The normalized spacial score (nSPS) is 9.33. The smallest absolute Gasteiger partial charge is 1.00 e. The summed E-state index contributed by atoms with van der Waals surface area (Å²) in [5.74, 6) is 0.260. The minimum Gasteiger partial charge on any atom is -1.00 e. The summed E-state index contributed by atoms with van der Waals surface area (Å²) < 4.78 is 0. The number of phenols is 1. The first-order valence-corrected chi connectivity index (χ1v) is 3.40. The van der Waals surface area contributed by atoms with Crippen LogP contribution in [-0.2, 0) is 0 Å². The average Bonchev–Trinajstić information content (AvgIpc) is 2.04. The molecule has 3 heteroatoms. The summed E-state index contributed by atoms with van der Waals surface area (Å²) in [6.45, 7) is 0. The van der Waals surface area contributed by atoms with Gasteiger partial charge in [-0.2, -0.15) is 0 Å². The fourth-order valence-corrected chi connectivity index (χ4v) is 1.05. The Kier molecular flexibility index (Phi) is 2.89. The van der Waals surface area contributed by atoms with E-state index in [2.05, 4.69) is 4.98 Å². The van der Waals surface area contributed by atoms with Crippen molar-refractivity contribution >= 4 is 34.0 Å². The van der Waals surface area contributed by atoms with E-state index in [9.17, 15) is 0 Å². The van der Waals surface area contributed by atoms with Crippen LogP contribution >= 0.6 is 0 Å². The molecule has 0 fully saturated rings. The quantitative estimate of drug-likeness (QED) is 0.613. The molecular formula is C9H9MgNO. The summed E-state index contributed by atoms with van der Waals surface area (Å²) in [5.41, 5.74) is 0.826. The van der Waals surface area contributed by atoms with Crippen molar-refractivity contribution in [2.45, 2.75) is 0 Å². The minimum atomic E-state index is 0. The molecule has 58 valence electrons. The maximum atomic E-state index is 9.09. The summed E-state index contributed by atoms with van der Waals surface area (Å²) in [7, 11) is 0. The Labute approximate surface area is 89.4 Å². The van der Waals surface area contributed by atoms with E-state index in [4.69, 9.17) is 5.11 Å². The molecule has 0 aliphatic rings. The number of aromatic hydroxyl groups is 1. The van der Waals surface area contributed by atoms with Crippen molar-refractivity contribution in [1.82, 2.24) is 4.98 Å². The number of pyridine rings is 1. The standard InChI is InChI=1S/C9H7NO.Mg.2H/c11-8-4-3-7-2-1-5-10-9(7)6-8;;;/h1-6,11H;;;/q;+2;2*-1. The maximum absolute atomic E-state index is 9.09. The Morgan fingerprint density at radius 3 is 2.92 bits per heavy atom. The number of nitrogens with zero attached hydrogens (tertiary/aromatic N) is 1. The Morgan fingerprint density at radius 2 is 2.08 bits per heavy atom. The van der Waals surface area contributed by atoms with Crippen LogP contribution < -0.4 is 0 Å². The second kappa shape index (κ2) is 3.73. The molecule has 0 unspecified atom stereocenters. The van der Waals surface area contributed by atoms with Gasteiger partial charge in [0.1, 0.15) is 5.75 Å².